The van der Waals surface area contributed by atoms with E-state index >= 15 is 0 Å². The topological polar surface area (TPSA) is 12.0 Å². The zero-order valence-electron chi connectivity index (χ0n) is 12.2. The molecule has 1 unspecified atom stereocenters. The van der Waals surface area contributed by atoms with Gasteiger partial charge in [0.2, 0.25) is 0 Å². The maximum Gasteiger partial charge on any atom is 0.137 e. The van der Waals surface area contributed by atoms with Crippen LogP contribution in [0.1, 0.15) is 36.1 Å². The van der Waals surface area contributed by atoms with Crippen molar-refractivity contribution in [2.24, 2.45) is 0 Å². The molecule has 110 valence electrons. The molecule has 0 radical (unpaired) electrons. The van der Waals surface area contributed by atoms with Gasteiger partial charge in [0.1, 0.15) is 5.82 Å². The molecular weight excluding hydrogens is 281 g/mol. The van der Waals surface area contributed by atoms with Crippen molar-refractivity contribution in [3.63, 3.8) is 0 Å². The van der Waals surface area contributed by atoms with E-state index < -0.39 is 0 Å². The predicted molar refractivity (Wildman–Crippen MR) is 87.1 cm³/mol. The lowest BCUT2D eigenvalue weighted by molar-refractivity contribution is 0.496. The van der Waals surface area contributed by atoms with Gasteiger partial charge in [-0.15, -0.1) is 11.8 Å². The number of rotatable bonds is 4. The van der Waals surface area contributed by atoms with Crippen LogP contribution in [0.3, 0.4) is 0 Å². The van der Waals surface area contributed by atoms with E-state index in [-0.39, 0.29) is 11.9 Å². The van der Waals surface area contributed by atoms with Crippen molar-refractivity contribution in [1.82, 2.24) is 5.32 Å². The zero-order chi connectivity index (χ0) is 14.7. The monoisotopic (exact) mass is 301 g/mol. The van der Waals surface area contributed by atoms with E-state index in [2.05, 4.69) is 36.5 Å². The molecule has 0 fully saturated rings. The smallest absolute Gasteiger partial charge is 0.137 e. The van der Waals surface area contributed by atoms with E-state index in [0.29, 0.717) is 0 Å². The van der Waals surface area contributed by atoms with E-state index in [1.165, 1.54) is 11.1 Å². The summed E-state index contributed by atoms with van der Waals surface area (Å²) in [5.41, 5.74) is 3.75. The quantitative estimate of drug-likeness (QED) is 0.877. The molecule has 0 bridgehead atoms. The number of hydrogen-bond donors (Lipinski definition) is 1. The second kappa shape index (κ2) is 6.63. The maximum atomic E-state index is 13.8. The Labute approximate surface area is 130 Å². The molecule has 0 amide bonds. The van der Waals surface area contributed by atoms with Crippen molar-refractivity contribution in [3.8, 4) is 0 Å². The lowest BCUT2D eigenvalue weighted by Gasteiger charge is -2.26. The van der Waals surface area contributed by atoms with Crippen molar-refractivity contribution < 1.29 is 4.39 Å². The van der Waals surface area contributed by atoms with E-state index in [1.807, 2.05) is 12.1 Å². The van der Waals surface area contributed by atoms with Crippen LogP contribution < -0.4 is 5.32 Å². The Morgan fingerprint density at radius 1 is 1.14 bits per heavy atom. The van der Waals surface area contributed by atoms with Crippen molar-refractivity contribution in [2.75, 3.05) is 5.75 Å². The van der Waals surface area contributed by atoms with Gasteiger partial charge in [-0.3, -0.25) is 0 Å². The fraction of sp³-hybridized carbons (Fsp3) is 0.333. The minimum atomic E-state index is -0.0868. The molecule has 2 aromatic rings. The van der Waals surface area contributed by atoms with E-state index in [9.17, 15) is 4.39 Å². The van der Waals surface area contributed by atoms with Gasteiger partial charge in [0.15, 0.2) is 0 Å². The molecule has 0 aliphatic carbocycles. The fourth-order valence-electron chi connectivity index (χ4n) is 2.73. The highest BCUT2D eigenvalue weighted by Gasteiger charge is 2.22. The molecular formula is C18H20FNS. The standard InChI is InChI=1S/C18H20FNS/c1-2-13-6-8-14(9-7-13)12-20-17-10-11-21-18-15(17)4-3-5-16(18)19/h3-9,17,20H,2,10-12H2,1H3. The third-order valence-corrected chi connectivity index (χ3v) is 5.17. The van der Waals surface area contributed by atoms with Crippen LogP contribution in [0, 0.1) is 5.82 Å². The van der Waals surface area contributed by atoms with Crippen molar-refractivity contribution in [2.45, 2.75) is 37.2 Å². The summed E-state index contributed by atoms with van der Waals surface area (Å²) >= 11 is 1.63. The predicted octanol–water partition coefficient (Wildman–Crippen LogP) is 4.71. The van der Waals surface area contributed by atoms with Crippen LogP contribution in [-0.2, 0) is 13.0 Å². The first-order valence-electron chi connectivity index (χ1n) is 7.50. The largest absolute Gasteiger partial charge is 0.306 e. The van der Waals surface area contributed by atoms with Crippen LogP contribution in [0.25, 0.3) is 0 Å². The zero-order valence-corrected chi connectivity index (χ0v) is 13.0. The Hall–Kier alpha value is -1.32. The highest BCUT2D eigenvalue weighted by Crippen LogP contribution is 2.37. The van der Waals surface area contributed by atoms with Crippen molar-refractivity contribution >= 4 is 11.8 Å². The van der Waals surface area contributed by atoms with Crippen LogP contribution in [0.2, 0.25) is 0 Å². The molecule has 1 heterocycles. The summed E-state index contributed by atoms with van der Waals surface area (Å²) in [6.07, 6.45) is 2.12. The number of thioether (sulfide) groups is 1. The molecule has 1 N–H and O–H groups in total. The third kappa shape index (κ3) is 3.30. The normalized spacial score (nSPS) is 17.5. The van der Waals surface area contributed by atoms with Gasteiger partial charge >= 0.3 is 0 Å². The summed E-state index contributed by atoms with van der Waals surface area (Å²) in [5.74, 6) is 0.886. The van der Waals surface area contributed by atoms with Gasteiger partial charge in [0, 0.05) is 17.5 Å². The Bertz CT molecular complexity index is 609. The molecule has 0 saturated heterocycles. The molecule has 2 aromatic carbocycles. The second-order valence-electron chi connectivity index (χ2n) is 5.40. The maximum absolute atomic E-state index is 13.8. The highest BCUT2D eigenvalue weighted by molar-refractivity contribution is 7.99. The summed E-state index contributed by atoms with van der Waals surface area (Å²) < 4.78 is 13.8. The van der Waals surface area contributed by atoms with Crippen molar-refractivity contribution in [1.29, 1.82) is 0 Å². The molecule has 0 aromatic heterocycles. The summed E-state index contributed by atoms with van der Waals surface area (Å²) in [4.78, 5) is 0.822. The number of fused-ring (bicyclic) bond motifs is 1. The molecule has 1 atom stereocenters. The van der Waals surface area contributed by atoms with Gasteiger partial charge in [-0.1, -0.05) is 43.3 Å². The highest BCUT2D eigenvalue weighted by atomic mass is 32.2. The van der Waals surface area contributed by atoms with Crippen LogP contribution in [0.5, 0.6) is 0 Å². The molecule has 3 heteroatoms. The first-order valence-corrected chi connectivity index (χ1v) is 8.49. The Morgan fingerprint density at radius 2 is 1.90 bits per heavy atom. The third-order valence-electron chi connectivity index (χ3n) is 4.01. The van der Waals surface area contributed by atoms with Gasteiger partial charge in [0.25, 0.3) is 0 Å². The molecule has 1 aliphatic rings. The SMILES string of the molecule is CCc1ccc(CNC2CCSc3c(F)cccc32)cc1. The number of benzene rings is 2. The Morgan fingerprint density at radius 3 is 2.67 bits per heavy atom. The molecule has 1 nitrogen and oxygen atoms in total. The van der Waals surface area contributed by atoms with Crippen LogP contribution in [0.15, 0.2) is 47.4 Å². The van der Waals surface area contributed by atoms with Gasteiger partial charge < -0.3 is 5.32 Å². The minimum Gasteiger partial charge on any atom is -0.306 e. The number of halogens is 1. The molecule has 0 saturated carbocycles. The van der Waals surface area contributed by atoms with Crippen LogP contribution in [-0.4, -0.2) is 5.75 Å². The van der Waals surface area contributed by atoms with E-state index in [4.69, 9.17) is 0 Å². The van der Waals surface area contributed by atoms with Gasteiger partial charge in [-0.2, -0.15) is 0 Å². The van der Waals surface area contributed by atoms with Crippen molar-refractivity contribution in [3.05, 3.63) is 65.0 Å². The van der Waals surface area contributed by atoms with Crippen LogP contribution >= 0.6 is 11.8 Å². The first-order chi connectivity index (χ1) is 10.3. The average molecular weight is 301 g/mol. The second-order valence-corrected chi connectivity index (χ2v) is 6.50. The molecule has 21 heavy (non-hydrogen) atoms. The van der Waals surface area contributed by atoms with Crippen LogP contribution in [0.4, 0.5) is 4.39 Å². The van der Waals surface area contributed by atoms with Gasteiger partial charge in [-0.05, 0) is 41.4 Å². The molecule has 3 rings (SSSR count). The first kappa shape index (κ1) is 14.6. The summed E-state index contributed by atoms with van der Waals surface area (Å²) in [6, 6.07) is 14.4. The van der Waals surface area contributed by atoms with E-state index in [0.717, 1.165) is 35.6 Å². The number of hydrogen-bond acceptors (Lipinski definition) is 2. The van der Waals surface area contributed by atoms with Gasteiger partial charge in [-0.25, -0.2) is 4.39 Å². The number of aryl methyl sites for hydroxylation is 1. The minimum absolute atomic E-state index is 0.0868. The fourth-order valence-corrected chi connectivity index (χ4v) is 3.87. The summed E-state index contributed by atoms with van der Waals surface area (Å²) in [5, 5.41) is 3.58. The Balaban J connectivity index is 1.70. The Kier molecular flexibility index (Phi) is 4.61. The number of nitrogens with one attached hydrogen (secondary N) is 1. The lowest BCUT2D eigenvalue weighted by Crippen LogP contribution is -2.24. The average Bonchev–Trinajstić information content (AvgIpc) is 2.54. The van der Waals surface area contributed by atoms with E-state index in [1.54, 1.807) is 17.8 Å². The summed E-state index contributed by atoms with van der Waals surface area (Å²) in [7, 11) is 0. The lowest BCUT2D eigenvalue weighted by atomic mass is 10.0. The summed E-state index contributed by atoms with van der Waals surface area (Å²) in [6.45, 7) is 2.99. The molecule has 0 spiro atoms. The molecule has 1 aliphatic heterocycles. The van der Waals surface area contributed by atoms with Gasteiger partial charge in [0.05, 0.1) is 0 Å².